The van der Waals surface area contributed by atoms with Gasteiger partial charge in [0.25, 0.3) is 0 Å². The zero-order chi connectivity index (χ0) is 11.5. The second-order valence-corrected chi connectivity index (χ2v) is 6.87. The van der Waals surface area contributed by atoms with Gasteiger partial charge >= 0.3 is 0 Å². The molecular formula is C11H23NO2S. The predicted octanol–water partition coefficient (Wildman–Crippen LogP) is 2.24. The van der Waals surface area contributed by atoms with Crippen molar-refractivity contribution in [2.45, 2.75) is 52.0 Å². The van der Waals surface area contributed by atoms with Gasteiger partial charge in [-0.2, -0.15) is 4.31 Å². The summed E-state index contributed by atoms with van der Waals surface area (Å²) in [4.78, 5) is 0. The molecule has 0 aromatic heterocycles. The van der Waals surface area contributed by atoms with E-state index in [-0.39, 0.29) is 6.04 Å². The summed E-state index contributed by atoms with van der Waals surface area (Å²) in [5, 5.41) is 0. The van der Waals surface area contributed by atoms with Crippen LogP contribution in [0.5, 0.6) is 0 Å². The maximum absolute atomic E-state index is 11.6. The topological polar surface area (TPSA) is 37.4 Å². The second kappa shape index (κ2) is 5.30. The molecule has 0 amide bonds. The SMILES string of the molecule is CC(C)N(CC1CCCCC1)S(C)(=O)=O. The van der Waals surface area contributed by atoms with Gasteiger partial charge in [0.05, 0.1) is 6.26 Å². The van der Waals surface area contributed by atoms with Crippen LogP contribution in [-0.2, 0) is 10.0 Å². The van der Waals surface area contributed by atoms with Crippen molar-refractivity contribution in [1.29, 1.82) is 0 Å². The molecule has 0 unspecified atom stereocenters. The average molecular weight is 233 g/mol. The largest absolute Gasteiger partial charge is 0.212 e. The van der Waals surface area contributed by atoms with Crippen molar-refractivity contribution in [2.24, 2.45) is 5.92 Å². The van der Waals surface area contributed by atoms with Gasteiger partial charge in [-0.15, -0.1) is 0 Å². The highest BCUT2D eigenvalue weighted by Gasteiger charge is 2.24. The third kappa shape index (κ3) is 4.11. The summed E-state index contributed by atoms with van der Waals surface area (Å²) in [5.41, 5.74) is 0. The van der Waals surface area contributed by atoms with Gasteiger partial charge in [-0.3, -0.25) is 0 Å². The first-order valence-corrected chi connectivity index (χ1v) is 7.73. The fourth-order valence-electron chi connectivity index (χ4n) is 2.35. The molecule has 4 heteroatoms. The lowest BCUT2D eigenvalue weighted by atomic mass is 9.89. The van der Waals surface area contributed by atoms with Gasteiger partial charge in [-0.05, 0) is 32.6 Å². The Labute approximate surface area is 93.9 Å². The molecule has 1 aliphatic carbocycles. The molecule has 1 aliphatic rings. The predicted molar refractivity (Wildman–Crippen MR) is 63.3 cm³/mol. The van der Waals surface area contributed by atoms with Crippen LogP contribution < -0.4 is 0 Å². The van der Waals surface area contributed by atoms with E-state index in [2.05, 4.69) is 0 Å². The standard InChI is InChI=1S/C11H23NO2S/c1-10(2)12(15(3,13)14)9-11-7-5-4-6-8-11/h10-11H,4-9H2,1-3H3. The third-order valence-electron chi connectivity index (χ3n) is 3.16. The molecule has 0 heterocycles. The van der Waals surface area contributed by atoms with Crippen LogP contribution in [-0.4, -0.2) is 31.6 Å². The van der Waals surface area contributed by atoms with Crippen LogP contribution in [0.4, 0.5) is 0 Å². The maximum atomic E-state index is 11.6. The Morgan fingerprint density at radius 3 is 2.13 bits per heavy atom. The first-order valence-electron chi connectivity index (χ1n) is 5.88. The number of hydrogen-bond acceptors (Lipinski definition) is 2. The first-order chi connectivity index (χ1) is 6.91. The maximum Gasteiger partial charge on any atom is 0.211 e. The molecule has 1 saturated carbocycles. The highest BCUT2D eigenvalue weighted by molar-refractivity contribution is 7.88. The fourth-order valence-corrected chi connectivity index (χ4v) is 3.60. The smallest absolute Gasteiger partial charge is 0.211 e. The van der Waals surface area contributed by atoms with E-state index in [4.69, 9.17) is 0 Å². The van der Waals surface area contributed by atoms with Gasteiger partial charge in [-0.1, -0.05) is 19.3 Å². The van der Waals surface area contributed by atoms with Crippen LogP contribution in [0.3, 0.4) is 0 Å². The minimum atomic E-state index is -3.03. The minimum Gasteiger partial charge on any atom is -0.212 e. The molecule has 1 rings (SSSR count). The molecule has 0 radical (unpaired) electrons. The van der Waals surface area contributed by atoms with Crippen molar-refractivity contribution in [3.63, 3.8) is 0 Å². The van der Waals surface area contributed by atoms with Gasteiger partial charge in [0.2, 0.25) is 10.0 Å². The van der Waals surface area contributed by atoms with E-state index in [1.54, 1.807) is 4.31 Å². The number of hydrogen-bond donors (Lipinski definition) is 0. The lowest BCUT2D eigenvalue weighted by molar-refractivity contribution is 0.254. The van der Waals surface area contributed by atoms with Crippen molar-refractivity contribution < 1.29 is 8.42 Å². The van der Waals surface area contributed by atoms with Crippen LogP contribution in [0.2, 0.25) is 0 Å². The Bertz CT molecular complexity index is 279. The molecular weight excluding hydrogens is 210 g/mol. The molecule has 0 bridgehead atoms. The van der Waals surface area contributed by atoms with Gasteiger partial charge < -0.3 is 0 Å². The normalized spacial score (nSPS) is 20.1. The monoisotopic (exact) mass is 233 g/mol. The highest BCUT2D eigenvalue weighted by Crippen LogP contribution is 2.25. The quantitative estimate of drug-likeness (QED) is 0.747. The summed E-state index contributed by atoms with van der Waals surface area (Å²) in [6, 6.07) is 0.0851. The summed E-state index contributed by atoms with van der Waals surface area (Å²) >= 11 is 0. The van der Waals surface area contributed by atoms with E-state index in [1.807, 2.05) is 13.8 Å². The summed E-state index contributed by atoms with van der Waals surface area (Å²) in [6.45, 7) is 4.62. The summed E-state index contributed by atoms with van der Waals surface area (Å²) < 4.78 is 24.8. The summed E-state index contributed by atoms with van der Waals surface area (Å²) in [7, 11) is -3.03. The Morgan fingerprint density at radius 1 is 1.20 bits per heavy atom. The Hall–Kier alpha value is -0.0900. The first kappa shape index (κ1) is 13.0. The van der Waals surface area contributed by atoms with Crippen molar-refractivity contribution in [3.8, 4) is 0 Å². The molecule has 0 N–H and O–H groups in total. The minimum absolute atomic E-state index is 0.0851. The van der Waals surface area contributed by atoms with E-state index < -0.39 is 10.0 Å². The Morgan fingerprint density at radius 2 is 1.73 bits per heavy atom. The third-order valence-corrected chi connectivity index (χ3v) is 4.59. The molecule has 15 heavy (non-hydrogen) atoms. The summed E-state index contributed by atoms with van der Waals surface area (Å²) in [6.07, 6.45) is 7.55. The van der Waals surface area contributed by atoms with Crippen molar-refractivity contribution >= 4 is 10.0 Å². The van der Waals surface area contributed by atoms with E-state index in [0.717, 1.165) is 6.54 Å². The van der Waals surface area contributed by atoms with Crippen molar-refractivity contribution in [3.05, 3.63) is 0 Å². The molecule has 3 nitrogen and oxygen atoms in total. The number of sulfonamides is 1. The molecule has 90 valence electrons. The fraction of sp³-hybridized carbons (Fsp3) is 1.00. The van der Waals surface area contributed by atoms with Crippen LogP contribution in [0.25, 0.3) is 0 Å². The van der Waals surface area contributed by atoms with E-state index in [9.17, 15) is 8.42 Å². The molecule has 0 saturated heterocycles. The van der Waals surface area contributed by atoms with Gasteiger partial charge in [0, 0.05) is 12.6 Å². The second-order valence-electron chi connectivity index (χ2n) is 4.93. The zero-order valence-electron chi connectivity index (χ0n) is 10.1. The van der Waals surface area contributed by atoms with E-state index in [0.29, 0.717) is 5.92 Å². The number of rotatable bonds is 4. The Balaban J connectivity index is 2.58. The molecule has 0 atom stereocenters. The van der Waals surface area contributed by atoms with Gasteiger partial charge in [0.1, 0.15) is 0 Å². The number of nitrogens with zero attached hydrogens (tertiary/aromatic N) is 1. The highest BCUT2D eigenvalue weighted by atomic mass is 32.2. The molecule has 0 spiro atoms. The van der Waals surface area contributed by atoms with E-state index in [1.165, 1.54) is 38.4 Å². The lowest BCUT2D eigenvalue weighted by Gasteiger charge is -2.30. The summed E-state index contributed by atoms with van der Waals surface area (Å²) in [5.74, 6) is 0.580. The van der Waals surface area contributed by atoms with Crippen LogP contribution in [0.1, 0.15) is 46.0 Å². The van der Waals surface area contributed by atoms with Gasteiger partial charge in [-0.25, -0.2) is 8.42 Å². The van der Waals surface area contributed by atoms with Crippen molar-refractivity contribution in [2.75, 3.05) is 12.8 Å². The van der Waals surface area contributed by atoms with Crippen molar-refractivity contribution in [1.82, 2.24) is 4.31 Å². The average Bonchev–Trinajstić information content (AvgIpc) is 2.13. The zero-order valence-corrected chi connectivity index (χ0v) is 10.9. The molecule has 0 aromatic carbocycles. The van der Waals surface area contributed by atoms with Gasteiger partial charge in [0.15, 0.2) is 0 Å². The molecule has 0 aliphatic heterocycles. The van der Waals surface area contributed by atoms with Crippen LogP contribution >= 0.6 is 0 Å². The van der Waals surface area contributed by atoms with Crippen LogP contribution in [0, 0.1) is 5.92 Å². The molecule has 1 fully saturated rings. The molecule has 0 aromatic rings. The lowest BCUT2D eigenvalue weighted by Crippen LogP contribution is -2.40. The Kier molecular flexibility index (Phi) is 4.59. The van der Waals surface area contributed by atoms with E-state index >= 15 is 0 Å². The van der Waals surface area contributed by atoms with Crippen LogP contribution in [0.15, 0.2) is 0 Å².